The molecule has 80 valence electrons. The maximum atomic E-state index is 9.70. The Labute approximate surface area is 89.3 Å². The Morgan fingerprint density at radius 3 is 2.53 bits per heavy atom. The van der Waals surface area contributed by atoms with Crippen molar-refractivity contribution >= 4 is 10.9 Å². The van der Waals surface area contributed by atoms with E-state index in [0.717, 1.165) is 11.1 Å². The highest BCUT2D eigenvalue weighted by Crippen LogP contribution is 2.32. The number of aromatic nitrogens is 2. The summed E-state index contributed by atoms with van der Waals surface area (Å²) in [4.78, 5) is 0. The zero-order chi connectivity index (χ0) is 11.2. The number of phenols is 1. The average Bonchev–Trinajstić information content (AvgIpc) is 2.41. The van der Waals surface area contributed by atoms with Crippen molar-refractivity contribution < 1.29 is 5.11 Å². The molecule has 0 spiro atoms. The molecule has 0 aliphatic heterocycles. The molecule has 3 heteroatoms. The van der Waals surface area contributed by atoms with Gasteiger partial charge in [0.25, 0.3) is 0 Å². The van der Waals surface area contributed by atoms with Gasteiger partial charge in [-0.05, 0) is 6.07 Å². The second kappa shape index (κ2) is 2.99. The third-order valence-corrected chi connectivity index (χ3v) is 2.55. The van der Waals surface area contributed by atoms with Gasteiger partial charge in [-0.25, -0.2) is 0 Å². The highest BCUT2D eigenvalue weighted by Gasteiger charge is 2.22. The van der Waals surface area contributed by atoms with Gasteiger partial charge in [-0.3, -0.25) is 4.68 Å². The summed E-state index contributed by atoms with van der Waals surface area (Å²) in [5.41, 5.74) is 1.86. The molecule has 0 aliphatic rings. The van der Waals surface area contributed by atoms with Crippen molar-refractivity contribution in [3.05, 3.63) is 23.9 Å². The second-order valence-corrected chi connectivity index (χ2v) is 4.90. The number of hydrogen-bond acceptors (Lipinski definition) is 2. The summed E-state index contributed by atoms with van der Waals surface area (Å²) in [6.07, 6.45) is 0. The summed E-state index contributed by atoms with van der Waals surface area (Å²) in [7, 11) is 1.92. The van der Waals surface area contributed by atoms with Crippen LogP contribution in [0, 0.1) is 0 Å². The molecule has 1 N–H and O–H groups in total. The van der Waals surface area contributed by atoms with E-state index >= 15 is 0 Å². The number of phenolic OH excluding ortho intramolecular Hbond substituents is 1. The van der Waals surface area contributed by atoms with Crippen LogP contribution >= 0.6 is 0 Å². The van der Waals surface area contributed by atoms with Crippen molar-refractivity contribution in [3.8, 4) is 5.75 Å². The standard InChI is InChI=1S/C12H16N2O/c1-12(2,3)11-8-6-5-7-9(15)10(8)13-14(11)4/h5-7,15H,1-4H3. The minimum absolute atomic E-state index is 0.0251. The zero-order valence-corrected chi connectivity index (χ0v) is 9.57. The Bertz CT molecular complexity index is 506. The lowest BCUT2D eigenvalue weighted by Crippen LogP contribution is -2.16. The van der Waals surface area contributed by atoms with Gasteiger partial charge in [-0.2, -0.15) is 5.10 Å². The zero-order valence-electron chi connectivity index (χ0n) is 9.57. The fourth-order valence-electron chi connectivity index (χ4n) is 2.09. The van der Waals surface area contributed by atoms with Crippen LogP contribution in [-0.4, -0.2) is 14.9 Å². The lowest BCUT2D eigenvalue weighted by molar-refractivity contribution is 0.479. The van der Waals surface area contributed by atoms with Crippen molar-refractivity contribution in [3.63, 3.8) is 0 Å². The molecule has 0 fully saturated rings. The average molecular weight is 204 g/mol. The predicted molar refractivity (Wildman–Crippen MR) is 61.1 cm³/mol. The van der Waals surface area contributed by atoms with E-state index in [2.05, 4.69) is 25.9 Å². The maximum absolute atomic E-state index is 9.70. The third-order valence-electron chi connectivity index (χ3n) is 2.55. The number of rotatable bonds is 0. The van der Waals surface area contributed by atoms with Crippen LogP contribution < -0.4 is 0 Å². The lowest BCUT2D eigenvalue weighted by Gasteiger charge is -2.19. The Hall–Kier alpha value is -1.51. The van der Waals surface area contributed by atoms with E-state index in [1.165, 1.54) is 0 Å². The fraction of sp³-hybridized carbons (Fsp3) is 0.417. The summed E-state index contributed by atoms with van der Waals surface area (Å²) in [5.74, 6) is 0.249. The molecule has 0 aliphatic carbocycles. The molecular weight excluding hydrogens is 188 g/mol. The van der Waals surface area contributed by atoms with Crippen LogP contribution in [0.5, 0.6) is 5.75 Å². The molecule has 3 nitrogen and oxygen atoms in total. The van der Waals surface area contributed by atoms with Crippen LogP contribution in [0.25, 0.3) is 10.9 Å². The van der Waals surface area contributed by atoms with Crippen LogP contribution in [-0.2, 0) is 12.5 Å². The molecule has 1 heterocycles. The molecule has 2 aromatic rings. The van der Waals surface area contributed by atoms with Crippen molar-refractivity contribution in [1.82, 2.24) is 9.78 Å². The van der Waals surface area contributed by atoms with E-state index in [-0.39, 0.29) is 11.2 Å². The summed E-state index contributed by atoms with van der Waals surface area (Å²) >= 11 is 0. The van der Waals surface area contributed by atoms with E-state index in [9.17, 15) is 5.11 Å². The lowest BCUT2D eigenvalue weighted by atomic mass is 9.89. The first-order chi connectivity index (χ1) is 6.91. The first-order valence-electron chi connectivity index (χ1n) is 5.06. The highest BCUT2D eigenvalue weighted by atomic mass is 16.3. The number of aromatic hydroxyl groups is 1. The summed E-state index contributed by atoms with van der Waals surface area (Å²) in [6.45, 7) is 6.44. The van der Waals surface area contributed by atoms with Crippen LogP contribution in [0.15, 0.2) is 18.2 Å². The van der Waals surface area contributed by atoms with E-state index < -0.39 is 0 Å². The number of benzene rings is 1. The second-order valence-electron chi connectivity index (χ2n) is 4.90. The predicted octanol–water partition coefficient (Wildman–Crippen LogP) is 2.58. The van der Waals surface area contributed by atoms with E-state index in [0.29, 0.717) is 5.52 Å². The van der Waals surface area contributed by atoms with E-state index in [4.69, 9.17) is 0 Å². The van der Waals surface area contributed by atoms with Crippen LogP contribution in [0.2, 0.25) is 0 Å². The van der Waals surface area contributed by atoms with Gasteiger partial charge in [0.2, 0.25) is 0 Å². The van der Waals surface area contributed by atoms with Gasteiger partial charge in [0, 0.05) is 17.8 Å². The molecule has 0 bridgehead atoms. The summed E-state index contributed by atoms with van der Waals surface area (Å²) in [5, 5.41) is 15.1. The molecule has 1 aromatic heterocycles. The normalized spacial score (nSPS) is 12.3. The Morgan fingerprint density at radius 1 is 1.27 bits per heavy atom. The third kappa shape index (κ3) is 1.48. The van der Waals surface area contributed by atoms with Gasteiger partial charge < -0.3 is 5.11 Å². The topological polar surface area (TPSA) is 38.0 Å². The summed E-state index contributed by atoms with van der Waals surface area (Å²) < 4.78 is 1.85. The minimum Gasteiger partial charge on any atom is -0.506 e. The Kier molecular flexibility index (Phi) is 2.00. The molecule has 0 saturated carbocycles. The smallest absolute Gasteiger partial charge is 0.143 e. The van der Waals surface area contributed by atoms with Crippen LogP contribution in [0.4, 0.5) is 0 Å². The molecule has 0 radical (unpaired) electrons. The van der Waals surface area contributed by atoms with Gasteiger partial charge in [-0.1, -0.05) is 32.9 Å². The number of fused-ring (bicyclic) bond motifs is 1. The molecule has 0 saturated heterocycles. The van der Waals surface area contributed by atoms with Crippen LogP contribution in [0.1, 0.15) is 26.5 Å². The highest BCUT2D eigenvalue weighted by molar-refractivity contribution is 5.87. The Balaban J connectivity index is 2.86. The maximum Gasteiger partial charge on any atom is 0.143 e. The minimum atomic E-state index is 0.0251. The van der Waals surface area contributed by atoms with E-state index in [1.807, 2.05) is 23.9 Å². The number of aryl methyl sites for hydroxylation is 1. The number of hydrogen-bond donors (Lipinski definition) is 1. The van der Waals surface area contributed by atoms with Crippen molar-refractivity contribution in [2.24, 2.45) is 7.05 Å². The van der Waals surface area contributed by atoms with Gasteiger partial charge in [0.15, 0.2) is 0 Å². The molecule has 1 aromatic carbocycles. The monoisotopic (exact) mass is 204 g/mol. The molecular formula is C12H16N2O. The van der Waals surface area contributed by atoms with Crippen LogP contribution in [0.3, 0.4) is 0 Å². The molecule has 15 heavy (non-hydrogen) atoms. The first-order valence-corrected chi connectivity index (χ1v) is 5.06. The molecule has 0 atom stereocenters. The molecule has 2 rings (SSSR count). The van der Waals surface area contributed by atoms with Crippen molar-refractivity contribution in [1.29, 1.82) is 0 Å². The first kappa shape index (κ1) is 10.0. The number of nitrogens with zero attached hydrogens (tertiary/aromatic N) is 2. The fourth-order valence-corrected chi connectivity index (χ4v) is 2.09. The van der Waals surface area contributed by atoms with Gasteiger partial charge in [-0.15, -0.1) is 0 Å². The Morgan fingerprint density at radius 2 is 1.93 bits per heavy atom. The van der Waals surface area contributed by atoms with Gasteiger partial charge in [0.05, 0.1) is 5.69 Å². The van der Waals surface area contributed by atoms with E-state index in [1.54, 1.807) is 6.07 Å². The SMILES string of the molecule is Cn1nc2c(O)cccc2c1C(C)(C)C. The quantitative estimate of drug-likeness (QED) is 0.716. The van der Waals surface area contributed by atoms with Crippen molar-refractivity contribution in [2.45, 2.75) is 26.2 Å². The molecule has 0 unspecified atom stereocenters. The summed E-state index contributed by atoms with van der Waals surface area (Å²) in [6, 6.07) is 5.53. The van der Waals surface area contributed by atoms with Crippen molar-refractivity contribution in [2.75, 3.05) is 0 Å². The molecule has 0 amide bonds. The van der Waals surface area contributed by atoms with Gasteiger partial charge >= 0.3 is 0 Å². The largest absolute Gasteiger partial charge is 0.506 e. The van der Waals surface area contributed by atoms with Gasteiger partial charge in [0.1, 0.15) is 11.3 Å².